The van der Waals surface area contributed by atoms with E-state index in [1.807, 2.05) is 30.3 Å². The largest absolute Gasteiger partial charge is 0.351 e. The number of likely N-dealkylation sites (N-methyl/N-ethyl adjacent to an activating group) is 1. The Kier molecular flexibility index (Phi) is 7.98. The minimum absolute atomic E-state index is 0.124. The summed E-state index contributed by atoms with van der Waals surface area (Å²) in [6.45, 7) is 7.55. The molecule has 0 heterocycles. The molecule has 0 saturated heterocycles. The summed E-state index contributed by atoms with van der Waals surface area (Å²) < 4.78 is 0. The zero-order valence-corrected chi connectivity index (χ0v) is 15.9. The molecule has 6 heteroatoms. The quantitative estimate of drug-likeness (QED) is 0.634. The van der Waals surface area contributed by atoms with Crippen LogP contribution in [0.1, 0.15) is 35.8 Å². The molecule has 0 bridgehead atoms. The van der Waals surface area contributed by atoms with Crippen LogP contribution < -0.4 is 16.4 Å². The fourth-order valence-corrected chi connectivity index (χ4v) is 2.71. The third-order valence-electron chi connectivity index (χ3n) is 4.46. The number of nitrogens with one attached hydrogen (secondary N) is 2. The Morgan fingerprint density at radius 3 is 2.22 bits per heavy atom. The fourth-order valence-electron chi connectivity index (χ4n) is 2.71. The van der Waals surface area contributed by atoms with Gasteiger partial charge < -0.3 is 21.3 Å². The van der Waals surface area contributed by atoms with Gasteiger partial charge in [-0.3, -0.25) is 9.59 Å². The average molecular weight is 368 g/mol. The molecule has 27 heavy (non-hydrogen) atoms. The van der Waals surface area contributed by atoms with Gasteiger partial charge in [-0.05, 0) is 42.9 Å². The summed E-state index contributed by atoms with van der Waals surface area (Å²) >= 11 is 0. The van der Waals surface area contributed by atoms with Gasteiger partial charge in [0.1, 0.15) is 6.04 Å². The second kappa shape index (κ2) is 10.4. The topological polar surface area (TPSA) is 87.5 Å². The maximum atomic E-state index is 12.3. The van der Waals surface area contributed by atoms with Crippen LogP contribution in [0.15, 0.2) is 54.6 Å². The molecule has 0 spiro atoms. The molecular formula is C21H28N4O2. The molecule has 0 fully saturated rings. The van der Waals surface area contributed by atoms with Gasteiger partial charge in [0, 0.05) is 24.3 Å². The number of anilines is 1. The molecule has 144 valence electrons. The highest BCUT2D eigenvalue weighted by molar-refractivity contribution is 5.97. The maximum Gasteiger partial charge on any atom is 0.251 e. The van der Waals surface area contributed by atoms with Crippen molar-refractivity contribution >= 4 is 17.5 Å². The van der Waals surface area contributed by atoms with Gasteiger partial charge in [-0.15, -0.1) is 0 Å². The van der Waals surface area contributed by atoms with E-state index in [0.29, 0.717) is 17.8 Å². The lowest BCUT2D eigenvalue weighted by atomic mass is 10.1. The summed E-state index contributed by atoms with van der Waals surface area (Å²) in [5, 5.41) is 5.69. The smallest absolute Gasteiger partial charge is 0.251 e. The van der Waals surface area contributed by atoms with E-state index in [1.165, 1.54) is 0 Å². The summed E-state index contributed by atoms with van der Waals surface area (Å²) in [6.07, 6.45) is 0. The zero-order chi connectivity index (χ0) is 19.6. The summed E-state index contributed by atoms with van der Waals surface area (Å²) in [5.74, 6) is -0.418. The lowest BCUT2D eigenvalue weighted by Gasteiger charge is -2.18. The molecule has 0 radical (unpaired) electrons. The third-order valence-corrected chi connectivity index (χ3v) is 4.46. The van der Waals surface area contributed by atoms with Gasteiger partial charge in [0.25, 0.3) is 5.91 Å². The molecule has 2 amide bonds. The summed E-state index contributed by atoms with van der Waals surface area (Å²) in [4.78, 5) is 26.7. The first kappa shape index (κ1) is 20.6. The molecule has 2 aromatic carbocycles. The van der Waals surface area contributed by atoms with Crippen LogP contribution in [0.4, 0.5) is 5.69 Å². The first-order chi connectivity index (χ1) is 13.0. The van der Waals surface area contributed by atoms with Gasteiger partial charge in [0.05, 0.1) is 0 Å². The number of carbonyl (C=O) groups excluding carboxylic acids is 2. The Labute approximate surface area is 160 Å². The molecule has 4 N–H and O–H groups in total. The van der Waals surface area contributed by atoms with Crippen LogP contribution in [0, 0.1) is 0 Å². The summed E-state index contributed by atoms with van der Waals surface area (Å²) in [6, 6.07) is 15.2. The minimum atomic E-state index is -0.741. The average Bonchev–Trinajstić information content (AvgIpc) is 2.71. The first-order valence-electron chi connectivity index (χ1n) is 9.27. The number of nitrogens with two attached hydrogens (primary N) is 1. The molecule has 0 aliphatic heterocycles. The normalized spacial score (nSPS) is 11.9. The number of benzene rings is 2. The van der Waals surface area contributed by atoms with Crippen LogP contribution in [0.3, 0.4) is 0 Å². The highest BCUT2D eigenvalue weighted by Gasteiger charge is 2.15. The summed E-state index contributed by atoms with van der Waals surface area (Å²) in [5.41, 5.74) is 7.89. The second-order valence-electron chi connectivity index (χ2n) is 6.24. The minimum Gasteiger partial charge on any atom is -0.351 e. The third kappa shape index (κ3) is 6.20. The van der Waals surface area contributed by atoms with Crippen molar-refractivity contribution in [3.63, 3.8) is 0 Å². The first-order valence-corrected chi connectivity index (χ1v) is 9.27. The molecule has 0 saturated carbocycles. The van der Waals surface area contributed by atoms with E-state index >= 15 is 0 Å². The molecule has 1 atom stereocenters. The Morgan fingerprint density at radius 2 is 1.63 bits per heavy atom. The lowest BCUT2D eigenvalue weighted by molar-refractivity contribution is -0.117. The Morgan fingerprint density at radius 1 is 1.00 bits per heavy atom. The van der Waals surface area contributed by atoms with E-state index in [1.54, 1.807) is 24.3 Å². The molecule has 6 nitrogen and oxygen atoms in total. The standard InChI is InChI=1S/C21H28N4O2/c1-3-25(4-2)15-14-23-20(26)17-10-12-18(13-11-17)24-21(27)19(22)16-8-6-5-7-9-16/h5-13,19H,3-4,14-15,22H2,1-2H3,(H,23,26)(H,24,27). The van der Waals surface area contributed by atoms with Crippen molar-refractivity contribution in [3.05, 3.63) is 65.7 Å². The zero-order valence-electron chi connectivity index (χ0n) is 15.9. The highest BCUT2D eigenvalue weighted by Crippen LogP contribution is 2.14. The molecule has 0 aromatic heterocycles. The number of nitrogens with zero attached hydrogens (tertiary/aromatic N) is 1. The van der Waals surface area contributed by atoms with Crippen molar-refractivity contribution in [2.45, 2.75) is 19.9 Å². The van der Waals surface area contributed by atoms with Gasteiger partial charge in [-0.2, -0.15) is 0 Å². The molecule has 0 aliphatic carbocycles. The van der Waals surface area contributed by atoms with Gasteiger partial charge in [0.2, 0.25) is 5.91 Å². The van der Waals surface area contributed by atoms with Crippen molar-refractivity contribution in [2.75, 3.05) is 31.5 Å². The van der Waals surface area contributed by atoms with Gasteiger partial charge >= 0.3 is 0 Å². The number of amides is 2. The molecule has 1 unspecified atom stereocenters. The van der Waals surface area contributed by atoms with E-state index in [-0.39, 0.29) is 11.8 Å². The van der Waals surface area contributed by atoms with Crippen LogP contribution in [-0.4, -0.2) is 42.9 Å². The number of carbonyl (C=O) groups is 2. The van der Waals surface area contributed by atoms with Crippen molar-refractivity contribution in [3.8, 4) is 0 Å². The molecule has 0 aliphatic rings. The van der Waals surface area contributed by atoms with Gasteiger partial charge in [-0.25, -0.2) is 0 Å². The van der Waals surface area contributed by atoms with Crippen molar-refractivity contribution in [1.82, 2.24) is 10.2 Å². The van der Waals surface area contributed by atoms with Crippen LogP contribution in [0.2, 0.25) is 0 Å². The Hall–Kier alpha value is -2.70. The van der Waals surface area contributed by atoms with E-state index < -0.39 is 6.04 Å². The molecular weight excluding hydrogens is 340 g/mol. The molecule has 2 rings (SSSR count). The lowest BCUT2D eigenvalue weighted by Crippen LogP contribution is -2.34. The van der Waals surface area contributed by atoms with Crippen LogP contribution in [0.5, 0.6) is 0 Å². The SMILES string of the molecule is CCN(CC)CCNC(=O)c1ccc(NC(=O)C(N)c2ccccc2)cc1. The fraction of sp³-hybridized carbons (Fsp3) is 0.333. The number of rotatable bonds is 9. The highest BCUT2D eigenvalue weighted by atomic mass is 16.2. The summed E-state index contributed by atoms with van der Waals surface area (Å²) in [7, 11) is 0. The van der Waals surface area contributed by atoms with E-state index in [2.05, 4.69) is 29.4 Å². The van der Waals surface area contributed by atoms with Crippen LogP contribution >= 0.6 is 0 Å². The van der Waals surface area contributed by atoms with E-state index in [9.17, 15) is 9.59 Å². The van der Waals surface area contributed by atoms with Crippen molar-refractivity contribution < 1.29 is 9.59 Å². The van der Waals surface area contributed by atoms with Gasteiger partial charge in [0.15, 0.2) is 0 Å². The Bertz CT molecular complexity index is 728. The molecule has 2 aromatic rings. The van der Waals surface area contributed by atoms with Crippen LogP contribution in [0.25, 0.3) is 0 Å². The number of hydrogen-bond donors (Lipinski definition) is 3. The monoisotopic (exact) mass is 368 g/mol. The maximum absolute atomic E-state index is 12.3. The number of hydrogen-bond acceptors (Lipinski definition) is 4. The predicted octanol–water partition coefficient (Wildman–Crippen LogP) is 2.40. The Balaban J connectivity index is 1.87. The van der Waals surface area contributed by atoms with Crippen molar-refractivity contribution in [1.29, 1.82) is 0 Å². The van der Waals surface area contributed by atoms with Crippen molar-refractivity contribution in [2.24, 2.45) is 5.73 Å². The van der Waals surface area contributed by atoms with E-state index in [4.69, 9.17) is 5.73 Å². The van der Waals surface area contributed by atoms with Gasteiger partial charge in [-0.1, -0.05) is 44.2 Å². The van der Waals surface area contributed by atoms with E-state index in [0.717, 1.165) is 25.2 Å². The second-order valence-corrected chi connectivity index (χ2v) is 6.24. The predicted molar refractivity (Wildman–Crippen MR) is 109 cm³/mol. The van der Waals surface area contributed by atoms with Crippen LogP contribution in [-0.2, 0) is 4.79 Å².